The second-order valence-electron chi connectivity index (χ2n) is 7.49. The van der Waals surface area contributed by atoms with E-state index in [1.807, 2.05) is 35.0 Å². The molecule has 7 heteroatoms. The second-order valence-corrected chi connectivity index (χ2v) is 7.49. The van der Waals surface area contributed by atoms with Crippen LogP contribution in [0.25, 0.3) is 5.65 Å². The van der Waals surface area contributed by atoms with E-state index in [0.29, 0.717) is 25.6 Å². The van der Waals surface area contributed by atoms with Gasteiger partial charge in [0.1, 0.15) is 5.65 Å². The van der Waals surface area contributed by atoms with Crippen molar-refractivity contribution in [1.82, 2.24) is 24.9 Å². The van der Waals surface area contributed by atoms with Crippen LogP contribution in [0.5, 0.6) is 0 Å². The van der Waals surface area contributed by atoms with E-state index in [9.17, 15) is 9.59 Å². The number of pyridine rings is 1. The lowest BCUT2D eigenvalue weighted by Crippen LogP contribution is -2.59. The minimum absolute atomic E-state index is 0.0105. The number of imidazole rings is 1. The van der Waals surface area contributed by atoms with Crippen molar-refractivity contribution in [2.24, 2.45) is 0 Å². The van der Waals surface area contributed by atoms with Gasteiger partial charge in [0, 0.05) is 44.5 Å². The summed E-state index contributed by atoms with van der Waals surface area (Å²) in [5.41, 5.74) is 1.86. The Balaban J connectivity index is 1.30. The summed E-state index contributed by atoms with van der Waals surface area (Å²) in [6.07, 6.45) is 9.58. The van der Waals surface area contributed by atoms with Gasteiger partial charge in [0.05, 0.1) is 18.2 Å². The third-order valence-corrected chi connectivity index (χ3v) is 5.66. The van der Waals surface area contributed by atoms with Crippen molar-refractivity contribution < 1.29 is 9.59 Å². The molecule has 27 heavy (non-hydrogen) atoms. The maximum absolute atomic E-state index is 12.4. The number of carbonyl (C=O) groups is 2. The van der Waals surface area contributed by atoms with Crippen LogP contribution in [0.4, 0.5) is 0 Å². The fraction of sp³-hybridized carbons (Fsp3) is 0.550. The molecule has 144 valence electrons. The van der Waals surface area contributed by atoms with Crippen molar-refractivity contribution in [3.8, 4) is 0 Å². The molecule has 3 heterocycles. The number of fused-ring (bicyclic) bond motifs is 1. The van der Waals surface area contributed by atoms with Gasteiger partial charge >= 0.3 is 0 Å². The van der Waals surface area contributed by atoms with Crippen molar-refractivity contribution >= 4 is 17.5 Å². The Labute approximate surface area is 159 Å². The number of nitrogens with zero attached hydrogens (tertiary/aromatic N) is 3. The third kappa shape index (κ3) is 4.13. The summed E-state index contributed by atoms with van der Waals surface area (Å²) < 4.78 is 1.98. The first-order valence-electron chi connectivity index (χ1n) is 9.93. The summed E-state index contributed by atoms with van der Waals surface area (Å²) >= 11 is 0. The van der Waals surface area contributed by atoms with E-state index in [0.717, 1.165) is 30.7 Å². The largest absolute Gasteiger partial charge is 0.356 e. The zero-order valence-electron chi connectivity index (χ0n) is 15.6. The molecule has 2 fully saturated rings. The Morgan fingerprint density at radius 3 is 2.96 bits per heavy atom. The number of nitrogens with one attached hydrogen (secondary N) is 2. The first kappa shape index (κ1) is 18.0. The molecule has 2 aromatic heterocycles. The molecule has 2 amide bonds. The number of hydrogen-bond donors (Lipinski definition) is 2. The summed E-state index contributed by atoms with van der Waals surface area (Å²) in [7, 11) is 0. The van der Waals surface area contributed by atoms with E-state index in [-0.39, 0.29) is 24.3 Å². The zero-order chi connectivity index (χ0) is 18.6. The van der Waals surface area contributed by atoms with Crippen LogP contribution in [0, 0.1) is 0 Å². The highest BCUT2D eigenvalue weighted by Crippen LogP contribution is 2.26. The quantitative estimate of drug-likeness (QED) is 0.800. The summed E-state index contributed by atoms with van der Waals surface area (Å²) in [6, 6.07) is 6.00. The van der Waals surface area contributed by atoms with Crippen LogP contribution in [0.3, 0.4) is 0 Å². The van der Waals surface area contributed by atoms with Crippen LogP contribution in [-0.2, 0) is 16.0 Å². The molecular weight excluding hydrogens is 342 g/mol. The van der Waals surface area contributed by atoms with Crippen LogP contribution < -0.4 is 10.6 Å². The number of aromatic nitrogens is 2. The van der Waals surface area contributed by atoms with Gasteiger partial charge in [-0.05, 0) is 25.0 Å². The SMILES string of the molecule is O=C(C[C@@H]1C(=O)NCCN1C1CCCC1)NCCc1cn2ccccc2n1. The van der Waals surface area contributed by atoms with Gasteiger partial charge in [0.15, 0.2) is 0 Å². The summed E-state index contributed by atoms with van der Waals surface area (Å²) in [6.45, 7) is 2.05. The fourth-order valence-electron chi connectivity index (χ4n) is 4.30. The fourth-order valence-corrected chi connectivity index (χ4v) is 4.30. The Hall–Kier alpha value is -2.41. The minimum atomic E-state index is -0.336. The average Bonchev–Trinajstić information content (AvgIpc) is 3.32. The smallest absolute Gasteiger partial charge is 0.237 e. The molecule has 0 unspecified atom stereocenters. The Morgan fingerprint density at radius 2 is 2.15 bits per heavy atom. The Bertz CT molecular complexity index is 779. The number of carbonyl (C=O) groups excluding carboxylic acids is 2. The van der Waals surface area contributed by atoms with E-state index in [1.54, 1.807) is 0 Å². The van der Waals surface area contributed by atoms with Crippen molar-refractivity contribution in [3.63, 3.8) is 0 Å². The molecular formula is C20H27N5O2. The molecule has 1 saturated carbocycles. The van der Waals surface area contributed by atoms with E-state index >= 15 is 0 Å². The van der Waals surface area contributed by atoms with Gasteiger partial charge in [-0.15, -0.1) is 0 Å². The topological polar surface area (TPSA) is 78.7 Å². The van der Waals surface area contributed by atoms with Crippen LogP contribution in [0.1, 0.15) is 37.8 Å². The maximum atomic E-state index is 12.4. The van der Waals surface area contributed by atoms with Crippen LogP contribution in [-0.4, -0.2) is 57.8 Å². The van der Waals surface area contributed by atoms with E-state index in [4.69, 9.17) is 0 Å². The normalized spacial score (nSPS) is 21.5. The molecule has 2 N–H and O–H groups in total. The predicted octanol–water partition coefficient (Wildman–Crippen LogP) is 1.13. The lowest BCUT2D eigenvalue weighted by molar-refractivity contribution is -0.135. The predicted molar refractivity (Wildman–Crippen MR) is 102 cm³/mol. The molecule has 2 aromatic rings. The lowest BCUT2D eigenvalue weighted by Gasteiger charge is -2.38. The molecule has 4 rings (SSSR count). The molecule has 1 atom stereocenters. The van der Waals surface area contributed by atoms with E-state index in [2.05, 4.69) is 20.5 Å². The highest BCUT2D eigenvalue weighted by molar-refractivity contribution is 5.88. The Morgan fingerprint density at radius 1 is 1.30 bits per heavy atom. The van der Waals surface area contributed by atoms with Gasteiger partial charge in [-0.25, -0.2) is 4.98 Å². The molecule has 1 aliphatic carbocycles. The zero-order valence-corrected chi connectivity index (χ0v) is 15.6. The standard InChI is InChI=1S/C20H27N5O2/c26-19(21-9-8-15-14-24-11-4-3-7-18(24)23-15)13-17-20(27)22-10-12-25(17)16-5-1-2-6-16/h3-4,7,11,14,16-17H,1-2,5-6,8-10,12-13H2,(H,21,26)(H,22,27)/t17-/m1/s1. The summed E-state index contributed by atoms with van der Waals surface area (Å²) in [4.78, 5) is 31.6. The van der Waals surface area contributed by atoms with Crippen molar-refractivity contribution in [2.45, 2.75) is 50.6 Å². The third-order valence-electron chi connectivity index (χ3n) is 5.66. The van der Waals surface area contributed by atoms with Gasteiger partial charge in [0.25, 0.3) is 0 Å². The minimum Gasteiger partial charge on any atom is -0.356 e. The van der Waals surface area contributed by atoms with Crippen LogP contribution in [0.15, 0.2) is 30.6 Å². The van der Waals surface area contributed by atoms with Gasteiger partial charge in [0.2, 0.25) is 11.8 Å². The number of rotatable bonds is 6. The maximum Gasteiger partial charge on any atom is 0.237 e. The van der Waals surface area contributed by atoms with Crippen LogP contribution in [0.2, 0.25) is 0 Å². The second kappa shape index (κ2) is 8.08. The lowest BCUT2D eigenvalue weighted by atomic mass is 10.0. The van der Waals surface area contributed by atoms with Gasteiger partial charge in [-0.2, -0.15) is 0 Å². The average molecular weight is 369 g/mol. The van der Waals surface area contributed by atoms with E-state index < -0.39 is 0 Å². The van der Waals surface area contributed by atoms with Crippen molar-refractivity contribution in [3.05, 3.63) is 36.3 Å². The van der Waals surface area contributed by atoms with Crippen molar-refractivity contribution in [2.75, 3.05) is 19.6 Å². The summed E-state index contributed by atoms with van der Waals surface area (Å²) in [5.74, 6) is -0.0764. The number of amides is 2. The summed E-state index contributed by atoms with van der Waals surface area (Å²) in [5, 5.41) is 5.87. The molecule has 0 bridgehead atoms. The van der Waals surface area contributed by atoms with Crippen molar-refractivity contribution in [1.29, 1.82) is 0 Å². The molecule has 7 nitrogen and oxygen atoms in total. The first-order valence-corrected chi connectivity index (χ1v) is 9.93. The molecule has 2 aliphatic rings. The van der Waals surface area contributed by atoms with Gasteiger partial charge in [-0.3, -0.25) is 14.5 Å². The molecule has 0 aromatic carbocycles. The highest BCUT2D eigenvalue weighted by atomic mass is 16.2. The Kier molecular flexibility index (Phi) is 5.38. The molecule has 1 aliphatic heterocycles. The van der Waals surface area contributed by atoms with Gasteiger partial charge in [-0.1, -0.05) is 18.9 Å². The molecule has 0 spiro atoms. The number of hydrogen-bond acceptors (Lipinski definition) is 4. The first-order chi connectivity index (χ1) is 13.2. The monoisotopic (exact) mass is 369 g/mol. The van der Waals surface area contributed by atoms with E-state index in [1.165, 1.54) is 12.8 Å². The number of piperazine rings is 1. The van der Waals surface area contributed by atoms with Crippen LogP contribution >= 0.6 is 0 Å². The highest BCUT2D eigenvalue weighted by Gasteiger charge is 2.36. The molecule has 1 saturated heterocycles. The molecule has 0 radical (unpaired) electrons. The van der Waals surface area contributed by atoms with Gasteiger partial charge < -0.3 is 15.0 Å².